The van der Waals surface area contributed by atoms with Crippen LogP contribution in [0.3, 0.4) is 0 Å². The van der Waals surface area contributed by atoms with Crippen LogP contribution in [0.2, 0.25) is 0 Å². The molecule has 0 rings (SSSR count). The zero-order valence-electron chi connectivity index (χ0n) is 9.70. The van der Waals surface area contributed by atoms with Crippen molar-refractivity contribution in [2.45, 2.75) is 26.3 Å². The molecule has 0 saturated heterocycles. The normalized spacial score (nSPS) is 12.3. The van der Waals surface area contributed by atoms with E-state index in [0.29, 0.717) is 12.3 Å². The van der Waals surface area contributed by atoms with E-state index in [9.17, 15) is 9.59 Å². The van der Waals surface area contributed by atoms with E-state index in [-0.39, 0.29) is 12.5 Å². The number of methoxy groups -OCH3 is 2. The van der Waals surface area contributed by atoms with E-state index in [1.807, 2.05) is 13.8 Å². The first-order chi connectivity index (χ1) is 7.01. The molecule has 0 aromatic heterocycles. The molecule has 0 aromatic carbocycles. The Bertz CT molecular complexity index is 215. The predicted molar refractivity (Wildman–Crippen MR) is 55.3 cm³/mol. The number of nitrogens with one attached hydrogen (secondary N) is 1. The third-order valence-corrected chi connectivity index (χ3v) is 1.80. The SMILES string of the molecule is COCC(=O)N[C@H](CC(C)C)C(=O)OC. The van der Waals surface area contributed by atoms with Crippen LogP contribution < -0.4 is 5.32 Å². The van der Waals surface area contributed by atoms with E-state index >= 15 is 0 Å². The van der Waals surface area contributed by atoms with Gasteiger partial charge in [-0.3, -0.25) is 4.79 Å². The highest BCUT2D eigenvalue weighted by atomic mass is 16.5. The lowest BCUT2D eigenvalue weighted by atomic mass is 10.0. The van der Waals surface area contributed by atoms with Crippen LogP contribution in [0.5, 0.6) is 0 Å². The monoisotopic (exact) mass is 217 g/mol. The van der Waals surface area contributed by atoms with E-state index in [0.717, 1.165) is 0 Å². The van der Waals surface area contributed by atoms with E-state index in [2.05, 4.69) is 14.8 Å². The molecule has 0 aromatic rings. The highest BCUT2D eigenvalue weighted by molar-refractivity contribution is 5.84. The van der Waals surface area contributed by atoms with Crippen molar-refractivity contribution in [3.63, 3.8) is 0 Å². The van der Waals surface area contributed by atoms with Crippen molar-refractivity contribution >= 4 is 11.9 Å². The standard InChI is InChI=1S/C10H19NO4/c1-7(2)5-8(10(13)15-4)11-9(12)6-14-3/h7-8H,5-6H2,1-4H3,(H,11,12)/t8-/m1/s1. The van der Waals surface area contributed by atoms with Crippen LogP contribution in [0.25, 0.3) is 0 Å². The van der Waals surface area contributed by atoms with Crippen LogP contribution in [0, 0.1) is 5.92 Å². The summed E-state index contributed by atoms with van der Waals surface area (Å²) in [7, 11) is 2.73. The molecule has 0 radical (unpaired) electrons. The van der Waals surface area contributed by atoms with Crippen molar-refractivity contribution in [3.05, 3.63) is 0 Å². The number of hydrogen-bond acceptors (Lipinski definition) is 4. The molecule has 1 atom stereocenters. The van der Waals surface area contributed by atoms with Crippen LogP contribution in [-0.2, 0) is 19.1 Å². The molecule has 0 aliphatic rings. The number of carbonyl (C=O) groups is 2. The lowest BCUT2D eigenvalue weighted by Crippen LogP contribution is -2.43. The molecule has 1 N–H and O–H groups in total. The van der Waals surface area contributed by atoms with Crippen LogP contribution in [0.4, 0.5) is 0 Å². The first kappa shape index (κ1) is 13.9. The molecule has 0 unspecified atom stereocenters. The van der Waals surface area contributed by atoms with Crippen molar-refractivity contribution < 1.29 is 19.1 Å². The van der Waals surface area contributed by atoms with Gasteiger partial charge in [-0.2, -0.15) is 0 Å². The number of esters is 1. The molecular formula is C10H19NO4. The summed E-state index contributed by atoms with van der Waals surface area (Å²) in [6.45, 7) is 3.89. The molecule has 0 saturated carbocycles. The first-order valence-corrected chi connectivity index (χ1v) is 4.87. The van der Waals surface area contributed by atoms with Gasteiger partial charge in [0.05, 0.1) is 7.11 Å². The molecule has 0 fully saturated rings. The van der Waals surface area contributed by atoms with Crippen molar-refractivity contribution in [2.24, 2.45) is 5.92 Å². The average molecular weight is 217 g/mol. The van der Waals surface area contributed by atoms with Gasteiger partial charge in [-0.05, 0) is 12.3 Å². The zero-order valence-corrected chi connectivity index (χ0v) is 9.70. The maximum atomic E-state index is 11.3. The summed E-state index contributed by atoms with van der Waals surface area (Å²) in [4.78, 5) is 22.5. The maximum absolute atomic E-state index is 11.3. The lowest BCUT2D eigenvalue weighted by Gasteiger charge is -2.17. The lowest BCUT2D eigenvalue weighted by molar-refractivity contribution is -0.146. The Morgan fingerprint density at radius 2 is 1.87 bits per heavy atom. The summed E-state index contributed by atoms with van der Waals surface area (Å²) in [6.07, 6.45) is 0.558. The fraction of sp³-hybridized carbons (Fsp3) is 0.800. The Kier molecular flexibility index (Phi) is 6.70. The summed E-state index contributed by atoms with van der Waals surface area (Å²) in [5.74, 6) is -0.432. The van der Waals surface area contributed by atoms with Gasteiger partial charge in [0.25, 0.3) is 0 Å². The zero-order chi connectivity index (χ0) is 11.8. The second kappa shape index (κ2) is 7.23. The number of carbonyl (C=O) groups excluding carboxylic acids is 2. The molecule has 0 aliphatic heterocycles. The van der Waals surface area contributed by atoms with Gasteiger partial charge in [0.15, 0.2) is 0 Å². The van der Waals surface area contributed by atoms with Crippen molar-refractivity contribution in [3.8, 4) is 0 Å². The van der Waals surface area contributed by atoms with E-state index < -0.39 is 12.0 Å². The molecule has 1 amide bonds. The number of ether oxygens (including phenoxy) is 2. The molecular weight excluding hydrogens is 198 g/mol. The summed E-state index contributed by atoms with van der Waals surface area (Å²) < 4.78 is 9.26. The molecule has 0 bridgehead atoms. The van der Waals surface area contributed by atoms with Gasteiger partial charge < -0.3 is 14.8 Å². The summed E-state index contributed by atoms with van der Waals surface area (Å²) in [5, 5.41) is 2.56. The average Bonchev–Trinajstić information content (AvgIpc) is 2.15. The molecule has 5 heteroatoms. The predicted octanol–water partition coefficient (Wildman–Crippen LogP) is 0.337. The van der Waals surface area contributed by atoms with Crippen LogP contribution >= 0.6 is 0 Å². The fourth-order valence-corrected chi connectivity index (χ4v) is 1.19. The minimum Gasteiger partial charge on any atom is -0.467 e. The van der Waals surface area contributed by atoms with Crippen molar-refractivity contribution in [2.75, 3.05) is 20.8 Å². The van der Waals surface area contributed by atoms with E-state index in [4.69, 9.17) is 0 Å². The largest absolute Gasteiger partial charge is 0.467 e. The second-order valence-corrected chi connectivity index (χ2v) is 3.71. The topological polar surface area (TPSA) is 64.6 Å². The number of hydrogen-bond donors (Lipinski definition) is 1. The Balaban J connectivity index is 4.24. The number of rotatable bonds is 6. The Labute approximate surface area is 90.1 Å². The first-order valence-electron chi connectivity index (χ1n) is 4.87. The summed E-state index contributed by atoms with van der Waals surface area (Å²) in [6, 6.07) is -0.586. The van der Waals surface area contributed by atoms with Gasteiger partial charge in [0.2, 0.25) is 5.91 Å². The molecule has 5 nitrogen and oxygen atoms in total. The quantitative estimate of drug-likeness (QED) is 0.651. The Hall–Kier alpha value is -1.10. The van der Waals surface area contributed by atoms with Gasteiger partial charge in [-0.1, -0.05) is 13.8 Å². The van der Waals surface area contributed by atoms with Gasteiger partial charge >= 0.3 is 5.97 Å². The summed E-state index contributed by atoms with van der Waals surface area (Å²) >= 11 is 0. The van der Waals surface area contributed by atoms with E-state index in [1.165, 1.54) is 14.2 Å². The van der Waals surface area contributed by atoms with Crippen LogP contribution in [0.15, 0.2) is 0 Å². The third kappa shape index (κ3) is 6.06. The highest BCUT2D eigenvalue weighted by Crippen LogP contribution is 2.05. The van der Waals surface area contributed by atoms with Crippen LogP contribution in [0.1, 0.15) is 20.3 Å². The van der Waals surface area contributed by atoms with Crippen LogP contribution in [-0.4, -0.2) is 38.7 Å². The highest BCUT2D eigenvalue weighted by Gasteiger charge is 2.22. The minimum absolute atomic E-state index is 0.0500. The maximum Gasteiger partial charge on any atom is 0.328 e. The Morgan fingerprint density at radius 3 is 2.27 bits per heavy atom. The van der Waals surface area contributed by atoms with Gasteiger partial charge in [0.1, 0.15) is 12.6 Å². The summed E-state index contributed by atoms with van der Waals surface area (Å²) in [5.41, 5.74) is 0. The van der Waals surface area contributed by atoms with Gasteiger partial charge in [-0.25, -0.2) is 4.79 Å². The van der Waals surface area contributed by atoms with E-state index in [1.54, 1.807) is 0 Å². The van der Waals surface area contributed by atoms with Crippen molar-refractivity contribution in [1.82, 2.24) is 5.32 Å². The van der Waals surface area contributed by atoms with Gasteiger partial charge in [0, 0.05) is 7.11 Å². The third-order valence-electron chi connectivity index (χ3n) is 1.80. The van der Waals surface area contributed by atoms with Gasteiger partial charge in [-0.15, -0.1) is 0 Å². The fourth-order valence-electron chi connectivity index (χ4n) is 1.19. The Morgan fingerprint density at radius 1 is 1.27 bits per heavy atom. The number of amides is 1. The molecule has 15 heavy (non-hydrogen) atoms. The van der Waals surface area contributed by atoms with Crippen molar-refractivity contribution in [1.29, 1.82) is 0 Å². The second-order valence-electron chi connectivity index (χ2n) is 3.71. The smallest absolute Gasteiger partial charge is 0.328 e. The molecule has 0 spiro atoms. The minimum atomic E-state index is -0.586. The molecule has 88 valence electrons. The molecule has 0 heterocycles. The molecule has 0 aliphatic carbocycles.